The van der Waals surface area contributed by atoms with Crippen LogP contribution in [-0.2, 0) is 6.54 Å². The summed E-state index contributed by atoms with van der Waals surface area (Å²) < 4.78 is 1.30. The number of hydrogen-bond acceptors (Lipinski definition) is 1. The number of nitrogens with one attached hydrogen (secondary N) is 1. The molecule has 2 heteroatoms. The van der Waals surface area contributed by atoms with Gasteiger partial charge in [-0.2, -0.15) is 0 Å². The Morgan fingerprint density at radius 3 is 2.50 bits per heavy atom. The van der Waals surface area contributed by atoms with E-state index < -0.39 is 0 Å². The van der Waals surface area contributed by atoms with E-state index in [1.165, 1.54) is 31.5 Å². The van der Waals surface area contributed by atoms with Crippen LogP contribution in [0.25, 0.3) is 0 Å². The molecule has 1 N–H and O–H groups in total. The molecule has 2 aromatic carbocycles. The number of aryl methyl sites for hydroxylation is 2. The molecule has 2 rings (SSSR count). The summed E-state index contributed by atoms with van der Waals surface area (Å²) in [5.41, 5.74) is 6.61. The van der Waals surface area contributed by atoms with Gasteiger partial charge in [0.05, 0.1) is 0 Å². The van der Waals surface area contributed by atoms with E-state index in [1.54, 1.807) is 0 Å². The molecule has 0 aliphatic carbocycles. The standard InChI is InChI=1S/C16H18IN/c1-11-5-4-6-14(13(11)3)10-18-15-8-7-12(2)16(17)9-15/h4-9,18H,10H2,1-3H3. The van der Waals surface area contributed by atoms with Crippen molar-refractivity contribution in [1.82, 2.24) is 0 Å². The second kappa shape index (κ2) is 5.74. The molecule has 0 radical (unpaired) electrons. The van der Waals surface area contributed by atoms with Gasteiger partial charge in [0.1, 0.15) is 0 Å². The van der Waals surface area contributed by atoms with E-state index in [2.05, 4.69) is 85.1 Å². The van der Waals surface area contributed by atoms with Crippen LogP contribution >= 0.6 is 22.6 Å². The quantitative estimate of drug-likeness (QED) is 0.781. The van der Waals surface area contributed by atoms with Crippen LogP contribution < -0.4 is 5.32 Å². The van der Waals surface area contributed by atoms with Crippen molar-refractivity contribution in [2.24, 2.45) is 0 Å². The van der Waals surface area contributed by atoms with Crippen LogP contribution in [0.5, 0.6) is 0 Å². The highest BCUT2D eigenvalue weighted by Crippen LogP contribution is 2.19. The molecule has 0 atom stereocenters. The van der Waals surface area contributed by atoms with Crippen LogP contribution in [0.1, 0.15) is 22.3 Å². The number of rotatable bonds is 3. The zero-order valence-corrected chi connectivity index (χ0v) is 13.2. The van der Waals surface area contributed by atoms with Crippen molar-refractivity contribution in [2.75, 3.05) is 5.32 Å². The van der Waals surface area contributed by atoms with Crippen molar-refractivity contribution in [3.8, 4) is 0 Å². The summed E-state index contributed by atoms with van der Waals surface area (Å²) in [5.74, 6) is 0. The van der Waals surface area contributed by atoms with E-state index in [1.807, 2.05) is 0 Å². The SMILES string of the molecule is Cc1ccc(NCc2cccc(C)c2C)cc1I. The fraction of sp³-hybridized carbons (Fsp3) is 0.250. The van der Waals surface area contributed by atoms with Crippen molar-refractivity contribution in [3.05, 3.63) is 62.2 Å². The largest absolute Gasteiger partial charge is 0.381 e. The van der Waals surface area contributed by atoms with Gasteiger partial charge in [0.2, 0.25) is 0 Å². The minimum Gasteiger partial charge on any atom is -0.381 e. The maximum atomic E-state index is 3.49. The number of hydrogen-bond donors (Lipinski definition) is 1. The topological polar surface area (TPSA) is 12.0 Å². The molecule has 0 saturated heterocycles. The Morgan fingerprint density at radius 1 is 1.00 bits per heavy atom. The van der Waals surface area contributed by atoms with Crippen LogP contribution in [0.4, 0.5) is 5.69 Å². The molecule has 2 aromatic rings. The highest BCUT2D eigenvalue weighted by atomic mass is 127. The Hall–Kier alpha value is -1.03. The van der Waals surface area contributed by atoms with Crippen LogP contribution in [0.3, 0.4) is 0 Å². The van der Waals surface area contributed by atoms with Gasteiger partial charge >= 0.3 is 0 Å². The molecule has 18 heavy (non-hydrogen) atoms. The van der Waals surface area contributed by atoms with E-state index in [0.29, 0.717) is 0 Å². The first-order valence-corrected chi connectivity index (χ1v) is 7.21. The third kappa shape index (κ3) is 3.05. The third-order valence-electron chi connectivity index (χ3n) is 3.37. The van der Waals surface area contributed by atoms with Crippen LogP contribution in [0.2, 0.25) is 0 Å². The maximum absolute atomic E-state index is 3.49. The number of halogens is 1. The molecule has 0 aromatic heterocycles. The minimum atomic E-state index is 0.882. The molecule has 0 amide bonds. The molecular weight excluding hydrogens is 333 g/mol. The summed E-state index contributed by atoms with van der Waals surface area (Å²) in [7, 11) is 0. The lowest BCUT2D eigenvalue weighted by atomic mass is 10.0. The fourth-order valence-electron chi connectivity index (χ4n) is 1.90. The first-order valence-electron chi connectivity index (χ1n) is 6.13. The molecule has 0 spiro atoms. The smallest absolute Gasteiger partial charge is 0.0403 e. The lowest BCUT2D eigenvalue weighted by Gasteiger charge is -2.11. The van der Waals surface area contributed by atoms with Crippen molar-refractivity contribution in [2.45, 2.75) is 27.3 Å². The maximum Gasteiger partial charge on any atom is 0.0403 e. The average molecular weight is 351 g/mol. The zero-order valence-electron chi connectivity index (χ0n) is 11.0. The molecule has 0 heterocycles. The van der Waals surface area contributed by atoms with E-state index >= 15 is 0 Å². The van der Waals surface area contributed by atoms with Gasteiger partial charge in [-0.25, -0.2) is 0 Å². The van der Waals surface area contributed by atoms with Crippen LogP contribution in [0.15, 0.2) is 36.4 Å². The second-order valence-corrected chi connectivity index (χ2v) is 5.84. The molecule has 1 nitrogen and oxygen atoms in total. The number of benzene rings is 2. The fourth-order valence-corrected chi connectivity index (χ4v) is 2.42. The van der Waals surface area contributed by atoms with E-state index in [9.17, 15) is 0 Å². The molecule has 0 fully saturated rings. The molecule has 0 aliphatic rings. The molecule has 0 aliphatic heterocycles. The molecule has 0 saturated carbocycles. The number of anilines is 1. The van der Waals surface area contributed by atoms with Crippen LogP contribution in [0, 0.1) is 24.3 Å². The summed E-state index contributed by atoms with van der Waals surface area (Å²) in [5, 5.41) is 3.49. The Balaban J connectivity index is 2.11. The van der Waals surface area contributed by atoms with Gasteiger partial charge in [0, 0.05) is 15.8 Å². The Labute approximate surface area is 123 Å². The first kappa shape index (κ1) is 13.4. The molecule has 0 unspecified atom stereocenters. The van der Waals surface area contributed by atoms with E-state index in [-0.39, 0.29) is 0 Å². The van der Waals surface area contributed by atoms with E-state index in [0.717, 1.165) is 6.54 Å². The monoisotopic (exact) mass is 351 g/mol. The third-order valence-corrected chi connectivity index (χ3v) is 4.53. The normalized spacial score (nSPS) is 10.4. The van der Waals surface area contributed by atoms with Crippen molar-refractivity contribution >= 4 is 28.3 Å². The van der Waals surface area contributed by atoms with Gasteiger partial charge in [-0.1, -0.05) is 24.3 Å². The molecule has 94 valence electrons. The van der Waals surface area contributed by atoms with Crippen molar-refractivity contribution in [3.63, 3.8) is 0 Å². The van der Waals surface area contributed by atoms with Gasteiger partial charge in [0.25, 0.3) is 0 Å². The van der Waals surface area contributed by atoms with Gasteiger partial charge in [-0.15, -0.1) is 0 Å². The molecular formula is C16H18IN. The van der Waals surface area contributed by atoms with Gasteiger partial charge < -0.3 is 5.32 Å². The summed E-state index contributed by atoms with van der Waals surface area (Å²) in [6, 6.07) is 13.0. The Bertz CT molecular complexity index is 561. The predicted molar refractivity (Wildman–Crippen MR) is 87.1 cm³/mol. The van der Waals surface area contributed by atoms with Gasteiger partial charge in [-0.3, -0.25) is 0 Å². The lowest BCUT2D eigenvalue weighted by molar-refractivity contribution is 1.10. The lowest BCUT2D eigenvalue weighted by Crippen LogP contribution is -2.02. The minimum absolute atomic E-state index is 0.882. The summed E-state index contributed by atoms with van der Waals surface area (Å²) in [6.07, 6.45) is 0. The summed E-state index contributed by atoms with van der Waals surface area (Å²) in [4.78, 5) is 0. The zero-order chi connectivity index (χ0) is 13.1. The van der Waals surface area contributed by atoms with Crippen molar-refractivity contribution in [1.29, 1.82) is 0 Å². The summed E-state index contributed by atoms with van der Waals surface area (Å²) in [6.45, 7) is 7.36. The highest BCUT2D eigenvalue weighted by molar-refractivity contribution is 14.1. The Morgan fingerprint density at radius 2 is 1.78 bits per heavy atom. The highest BCUT2D eigenvalue weighted by Gasteiger charge is 2.01. The van der Waals surface area contributed by atoms with Crippen LogP contribution in [-0.4, -0.2) is 0 Å². The first-order chi connectivity index (χ1) is 8.58. The predicted octanol–water partition coefficient (Wildman–Crippen LogP) is 4.83. The molecule has 0 bridgehead atoms. The van der Waals surface area contributed by atoms with E-state index in [4.69, 9.17) is 0 Å². The second-order valence-electron chi connectivity index (χ2n) is 4.68. The van der Waals surface area contributed by atoms with Gasteiger partial charge in [-0.05, 0) is 77.7 Å². The Kier molecular flexibility index (Phi) is 4.27. The van der Waals surface area contributed by atoms with Gasteiger partial charge in [0.15, 0.2) is 0 Å². The van der Waals surface area contributed by atoms with Crippen molar-refractivity contribution < 1.29 is 0 Å². The average Bonchev–Trinajstić information content (AvgIpc) is 2.35. The summed E-state index contributed by atoms with van der Waals surface area (Å²) >= 11 is 2.38.